The van der Waals surface area contributed by atoms with Crippen LogP contribution in [-0.2, 0) is 4.79 Å². The predicted molar refractivity (Wildman–Crippen MR) is 92.5 cm³/mol. The second-order valence-electron chi connectivity index (χ2n) is 5.33. The molecule has 0 bridgehead atoms. The summed E-state index contributed by atoms with van der Waals surface area (Å²) in [6.07, 6.45) is 1.12. The molecule has 0 spiro atoms. The Morgan fingerprint density at radius 1 is 1.43 bits per heavy atom. The number of likely N-dealkylation sites (N-methyl/N-ethyl adjacent to an activating group) is 1. The van der Waals surface area contributed by atoms with Crippen LogP contribution in [0.25, 0.3) is 0 Å². The maximum absolute atomic E-state index is 12.1. The van der Waals surface area contributed by atoms with E-state index in [4.69, 9.17) is 18.0 Å². The SMILES string of the molecule is CCC(C)CN(CC)CC(=O)Nc1cccc(C(N)=S)c1. The third-order valence-electron chi connectivity index (χ3n) is 3.51. The molecule has 0 aliphatic heterocycles. The zero-order valence-corrected chi connectivity index (χ0v) is 13.9. The van der Waals surface area contributed by atoms with Crippen molar-refractivity contribution in [2.45, 2.75) is 27.2 Å². The minimum Gasteiger partial charge on any atom is -0.389 e. The van der Waals surface area contributed by atoms with E-state index in [1.807, 2.05) is 18.2 Å². The molecular formula is C16H25N3OS. The van der Waals surface area contributed by atoms with E-state index in [0.29, 0.717) is 17.5 Å². The molecule has 0 aliphatic rings. The van der Waals surface area contributed by atoms with Crippen LogP contribution in [0.4, 0.5) is 5.69 Å². The van der Waals surface area contributed by atoms with Crippen LogP contribution in [0.2, 0.25) is 0 Å². The number of nitrogens with two attached hydrogens (primary N) is 1. The first-order valence-electron chi connectivity index (χ1n) is 7.38. The molecule has 5 heteroatoms. The number of anilines is 1. The Hall–Kier alpha value is -1.46. The molecule has 0 aliphatic carbocycles. The minimum absolute atomic E-state index is 0.0137. The lowest BCUT2D eigenvalue weighted by Gasteiger charge is -2.23. The van der Waals surface area contributed by atoms with Gasteiger partial charge in [-0.05, 0) is 24.6 Å². The van der Waals surface area contributed by atoms with Gasteiger partial charge in [0.25, 0.3) is 0 Å². The predicted octanol–water partition coefficient (Wildman–Crippen LogP) is 2.63. The minimum atomic E-state index is -0.0137. The molecule has 1 atom stereocenters. The lowest BCUT2D eigenvalue weighted by atomic mass is 10.1. The van der Waals surface area contributed by atoms with Gasteiger partial charge in [0, 0.05) is 17.8 Å². The first-order valence-corrected chi connectivity index (χ1v) is 7.79. The summed E-state index contributed by atoms with van der Waals surface area (Å²) in [7, 11) is 0. The highest BCUT2D eigenvalue weighted by atomic mass is 32.1. The van der Waals surface area contributed by atoms with Gasteiger partial charge < -0.3 is 11.1 Å². The Morgan fingerprint density at radius 2 is 2.14 bits per heavy atom. The summed E-state index contributed by atoms with van der Waals surface area (Å²) in [4.78, 5) is 14.6. The van der Waals surface area contributed by atoms with Gasteiger partial charge in [0.05, 0.1) is 6.54 Å². The summed E-state index contributed by atoms with van der Waals surface area (Å²) in [6, 6.07) is 7.30. The van der Waals surface area contributed by atoms with Crippen LogP contribution in [0.15, 0.2) is 24.3 Å². The second kappa shape index (κ2) is 8.74. The van der Waals surface area contributed by atoms with Gasteiger partial charge in [-0.25, -0.2) is 0 Å². The summed E-state index contributed by atoms with van der Waals surface area (Å²) in [5.41, 5.74) is 7.08. The van der Waals surface area contributed by atoms with Crippen molar-refractivity contribution >= 4 is 28.8 Å². The van der Waals surface area contributed by atoms with Crippen molar-refractivity contribution < 1.29 is 4.79 Å². The lowest BCUT2D eigenvalue weighted by molar-refractivity contribution is -0.117. The Bertz CT molecular complexity index is 490. The third kappa shape index (κ3) is 6.23. The van der Waals surface area contributed by atoms with Crippen molar-refractivity contribution in [1.29, 1.82) is 0 Å². The number of thiocarbonyl (C=S) groups is 1. The second-order valence-corrected chi connectivity index (χ2v) is 5.77. The van der Waals surface area contributed by atoms with Gasteiger partial charge in [-0.3, -0.25) is 9.69 Å². The smallest absolute Gasteiger partial charge is 0.238 e. The number of hydrogen-bond donors (Lipinski definition) is 2. The van der Waals surface area contributed by atoms with E-state index in [2.05, 4.69) is 31.0 Å². The van der Waals surface area contributed by atoms with Crippen LogP contribution < -0.4 is 11.1 Å². The van der Waals surface area contributed by atoms with Crippen LogP contribution in [0, 0.1) is 5.92 Å². The summed E-state index contributed by atoms with van der Waals surface area (Å²) in [5.74, 6) is 0.580. The molecule has 1 unspecified atom stereocenters. The van der Waals surface area contributed by atoms with Crippen LogP contribution in [-0.4, -0.2) is 35.4 Å². The van der Waals surface area contributed by atoms with Crippen molar-refractivity contribution in [2.75, 3.05) is 25.0 Å². The van der Waals surface area contributed by atoms with E-state index >= 15 is 0 Å². The van der Waals surface area contributed by atoms with E-state index < -0.39 is 0 Å². The molecule has 3 N–H and O–H groups in total. The Labute approximate surface area is 132 Å². The quantitative estimate of drug-likeness (QED) is 0.725. The molecule has 0 aromatic heterocycles. The number of nitrogens with zero attached hydrogens (tertiary/aromatic N) is 1. The number of carbonyl (C=O) groups excluding carboxylic acids is 1. The monoisotopic (exact) mass is 307 g/mol. The Balaban J connectivity index is 2.60. The largest absolute Gasteiger partial charge is 0.389 e. The zero-order chi connectivity index (χ0) is 15.8. The summed E-state index contributed by atoms with van der Waals surface area (Å²) in [5, 5.41) is 2.90. The average molecular weight is 307 g/mol. The number of rotatable bonds is 8. The van der Waals surface area contributed by atoms with Crippen molar-refractivity contribution in [1.82, 2.24) is 4.90 Å². The van der Waals surface area contributed by atoms with Crippen molar-refractivity contribution in [3.8, 4) is 0 Å². The van der Waals surface area contributed by atoms with Crippen LogP contribution in [0.5, 0.6) is 0 Å². The van der Waals surface area contributed by atoms with Gasteiger partial charge in [-0.2, -0.15) is 0 Å². The van der Waals surface area contributed by atoms with E-state index in [1.54, 1.807) is 6.07 Å². The molecule has 21 heavy (non-hydrogen) atoms. The molecule has 1 rings (SSSR count). The summed E-state index contributed by atoms with van der Waals surface area (Å²) in [6.45, 7) is 8.64. The number of carbonyl (C=O) groups is 1. The summed E-state index contributed by atoms with van der Waals surface area (Å²) < 4.78 is 0. The highest BCUT2D eigenvalue weighted by molar-refractivity contribution is 7.80. The molecule has 4 nitrogen and oxygen atoms in total. The number of benzene rings is 1. The van der Waals surface area contributed by atoms with E-state index in [1.165, 1.54) is 0 Å². The maximum atomic E-state index is 12.1. The number of hydrogen-bond acceptors (Lipinski definition) is 3. The zero-order valence-electron chi connectivity index (χ0n) is 13.1. The van der Waals surface area contributed by atoms with Crippen LogP contribution in [0.3, 0.4) is 0 Å². The lowest BCUT2D eigenvalue weighted by Crippen LogP contribution is -2.36. The molecule has 0 saturated carbocycles. The van der Waals surface area contributed by atoms with Crippen LogP contribution >= 0.6 is 12.2 Å². The molecule has 0 saturated heterocycles. The van der Waals surface area contributed by atoms with E-state index in [0.717, 1.165) is 30.8 Å². The molecule has 1 aromatic rings. The van der Waals surface area contributed by atoms with E-state index in [-0.39, 0.29) is 5.91 Å². The fourth-order valence-corrected chi connectivity index (χ4v) is 2.16. The molecule has 0 heterocycles. The molecular weight excluding hydrogens is 282 g/mol. The molecule has 1 amide bonds. The van der Waals surface area contributed by atoms with Crippen molar-refractivity contribution in [3.05, 3.63) is 29.8 Å². The normalized spacial score (nSPS) is 12.2. The van der Waals surface area contributed by atoms with Gasteiger partial charge in [-0.15, -0.1) is 0 Å². The molecule has 0 fully saturated rings. The van der Waals surface area contributed by atoms with Crippen molar-refractivity contribution in [2.24, 2.45) is 11.7 Å². The first-order chi connectivity index (χ1) is 9.96. The maximum Gasteiger partial charge on any atom is 0.238 e. The third-order valence-corrected chi connectivity index (χ3v) is 3.75. The Kier molecular flexibility index (Phi) is 7.32. The average Bonchev–Trinajstić information content (AvgIpc) is 2.46. The standard InChI is InChI=1S/C16H25N3OS/c1-4-12(3)10-19(5-2)11-15(20)18-14-8-6-7-13(9-14)16(17)21/h6-9,12H,4-5,10-11H2,1-3H3,(H2,17,21)(H,18,20). The van der Waals surface area contributed by atoms with Crippen molar-refractivity contribution in [3.63, 3.8) is 0 Å². The van der Waals surface area contributed by atoms with Gasteiger partial charge in [0.2, 0.25) is 5.91 Å². The fourth-order valence-electron chi connectivity index (χ4n) is 2.03. The van der Waals surface area contributed by atoms with Gasteiger partial charge in [0.15, 0.2) is 0 Å². The first kappa shape index (κ1) is 17.6. The molecule has 116 valence electrons. The number of nitrogens with one attached hydrogen (secondary N) is 1. The van der Waals surface area contributed by atoms with Crippen LogP contribution in [0.1, 0.15) is 32.8 Å². The fraction of sp³-hybridized carbons (Fsp3) is 0.500. The van der Waals surface area contributed by atoms with Gasteiger partial charge in [0.1, 0.15) is 4.99 Å². The van der Waals surface area contributed by atoms with Gasteiger partial charge >= 0.3 is 0 Å². The molecule has 0 radical (unpaired) electrons. The van der Waals surface area contributed by atoms with E-state index in [9.17, 15) is 4.79 Å². The Morgan fingerprint density at radius 3 is 2.71 bits per heavy atom. The molecule has 1 aromatic carbocycles. The number of amides is 1. The highest BCUT2D eigenvalue weighted by Gasteiger charge is 2.12. The van der Waals surface area contributed by atoms with Gasteiger partial charge in [-0.1, -0.05) is 51.5 Å². The highest BCUT2D eigenvalue weighted by Crippen LogP contribution is 2.11. The summed E-state index contributed by atoms with van der Waals surface area (Å²) >= 11 is 4.94. The topological polar surface area (TPSA) is 58.4 Å².